The Kier molecular flexibility index (Phi) is 6.08. The Hall–Kier alpha value is -3.06. The van der Waals surface area contributed by atoms with Gasteiger partial charge in [-0.25, -0.2) is 4.79 Å². The average Bonchev–Trinajstić information content (AvgIpc) is 2.69. The minimum absolute atomic E-state index is 0.00687. The molecule has 0 spiro atoms. The second-order valence-electron chi connectivity index (χ2n) is 6.73. The third-order valence-corrected chi connectivity index (χ3v) is 4.77. The van der Waals surface area contributed by atoms with E-state index < -0.39 is 24.1 Å². The number of anilines is 2. The first-order chi connectivity index (χ1) is 13.8. The lowest BCUT2D eigenvalue weighted by Crippen LogP contribution is -2.48. The van der Waals surface area contributed by atoms with Gasteiger partial charge in [-0.3, -0.25) is 9.59 Å². The van der Waals surface area contributed by atoms with E-state index in [1.165, 1.54) is 18.7 Å². The quantitative estimate of drug-likeness (QED) is 0.773. The topological polar surface area (TPSA) is 84.9 Å². The van der Waals surface area contributed by atoms with Crippen LogP contribution in [0.3, 0.4) is 0 Å². The van der Waals surface area contributed by atoms with Crippen LogP contribution in [0.15, 0.2) is 42.5 Å². The maximum atomic E-state index is 12.6. The van der Waals surface area contributed by atoms with Gasteiger partial charge in [-0.2, -0.15) is 0 Å². The molecule has 7 nitrogen and oxygen atoms in total. The van der Waals surface area contributed by atoms with E-state index in [9.17, 15) is 14.4 Å². The molecule has 1 N–H and O–H groups in total. The maximum absolute atomic E-state index is 12.6. The van der Waals surface area contributed by atoms with Crippen LogP contribution in [0.5, 0.6) is 5.75 Å². The molecule has 2 aromatic rings. The summed E-state index contributed by atoms with van der Waals surface area (Å²) < 4.78 is 11.0. The van der Waals surface area contributed by atoms with Crippen molar-refractivity contribution >= 4 is 40.8 Å². The number of rotatable bonds is 4. The third-order valence-electron chi connectivity index (χ3n) is 4.54. The molecule has 0 bridgehead atoms. The van der Waals surface area contributed by atoms with Crippen molar-refractivity contribution in [3.63, 3.8) is 0 Å². The van der Waals surface area contributed by atoms with Gasteiger partial charge in [-0.15, -0.1) is 0 Å². The Labute approximate surface area is 173 Å². The molecule has 0 aromatic heterocycles. The van der Waals surface area contributed by atoms with E-state index in [1.807, 2.05) is 6.92 Å². The molecule has 0 saturated heterocycles. The van der Waals surface area contributed by atoms with Crippen LogP contribution in [0.2, 0.25) is 5.02 Å². The predicted molar refractivity (Wildman–Crippen MR) is 109 cm³/mol. The third kappa shape index (κ3) is 4.68. The lowest BCUT2D eigenvalue weighted by atomic mass is 10.2. The summed E-state index contributed by atoms with van der Waals surface area (Å²) in [5, 5.41) is 3.18. The van der Waals surface area contributed by atoms with Crippen LogP contribution < -0.4 is 15.0 Å². The largest absolute Gasteiger partial charge is 0.475 e. The molecule has 0 aliphatic carbocycles. The number of nitrogens with zero attached hydrogens (tertiary/aromatic N) is 1. The molecule has 2 amide bonds. The van der Waals surface area contributed by atoms with E-state index in [2.05, 4.69) is 5.32 Å². The summed E-state index contributed by atoms with van der Waals surface area (Å²) in [5.74, 6) is -1.04. The standard InChI is InChI=1S/C21H21ClN2O5/c1-12-8-9-15(22)10-16(12)23-20(26)13(2)28-21(27)19-11-24(14(3)25)17-6-4-5-7-18(17)29-19/h4-10,13,19H,11H2,1-3H3,(H,23,26)/t13-,19+/m0/s1. The van der Waals surface area contributed by atoms with E-state index in [0.29, 0.717) is 22.1 Å². The summed E-state index contributed by atoms with van der Waals surface area (Å²) in [6.45, 7) is 4.71. The number of hydrogen-bond acceptors (Lipinski definition) is 5. The van der Waals surface area contributed by atoms with Gasteiger partial charge in [0.2, 0.25) is 12.0 Å². The van der Waals surface area contributed by atoms with Gasteiger partial charge in [-0.05, 0) is 43.7 Å². The van der Waals surface area contributed by atoms with E-state index in [0.717, 1.165) is 5.56 Å². The zero-order valence-corrected chi connectivity index (χ0v) is 17.0. The fourth-order valence-electron chi connectivity index (χ4n) is 2.92. The summed E-state index contributed by atoms with van der Waals surface area (Å²) in [5.41, 5.74) is 1.95. The van der Waals surface area contributed by atoms with E-state index in [-0.39, 0.29) is 12.5 Å². The molecule has 0 fully saturated rings. The van der Waals surface area contributed by atoms with Crippen LogP contribution in [-0.2, 0) is 19.1 Å². The number of aryl methyl sites for hydroxylation is 1. The molecule has 29 heavy (non-hydrogen) atoms. The summed E-state index contributed by atoms with van der Waals surface area (Å²) in [6, 6.07) is 12.0. The van der Waals surface area contributed by atoms with E-state index in [1.54, 1.807) is 42.5 Å². The highest BCUT2D eigenvalue weighted by molar-refractivity contribution is 6.31. The molecule has 152 valence electrons. The first-order valence-electron chi connectivity index (χ1n) is 9.07. The Balaban J connectivity index is 1.67. The number of nitrogens with one attached hydrogen (secondary N) is 1. The van der Waals surface area contributed by atoms with Gasteiger partial charge in [0.15, 0.2) is 6.10 Å². The number of benzene rings is 2. The molecular formula is C21H21ClN2O5. The van der Waals surface area contributed by atoms with Crippen molar-refractivity contribution < 1.29 is 23.9 Å². The van der Waals surface area contributed by atoms with Crippen LogP contribution in [0.4, 0.5) is 11.4 Å². The lowest BCUT2D eigenvalue weighted by molar-refractivity contribution is -0.160. The number of carbonyl (C=O) groups excluding carboxylic acids is 3. The fraction of sp³-hybridized carbons (Fsp3) is 0.286. The number of halogens is 1. The van der Waals surface area contributed by atoms with E-state index in [4.69, 9.17) is 21.1 Å². The Morgan fingerprint density at radius 3 is 2.69 bits per heavy atom. The average molecular weight is 417 g/mol. The van der Waals surface area contributed by atoms with Gasteiger partial charge in [0, 0.05) is 17.6 Å². The molecule has 2 aromatic carbocycles. The smallest absolute Gasteiger partial charge is 0.350 e. The number of hydrogen-bond donors (Lipinski definition) is 1. The summed E-state index contributed by atoms with van der Waals surface area (Å²) in [4.78, 5) is 38.4. The molecular weight excluding hydrogens is 396 g/mol. The van der Waals surface area contributed by atoms with Crippen molar-refractivity contribution in [2.45, 2.75) is 33.0 Å². The van der Waals surface area contributed by atoms with E-state index >= 15 is 0 Å². The Bertz CT molecular complexity index is 962. The normalized spacial score (nSPS) is 16.3. The number of para-hydroxylation sites is 2. The van der Waals surface area contributed by atoms with Gasteiger partial charge in [0.1, 0.15) is 5.75 Å². The molecule has 0 unspecified atom stereocenters. The minimum atomic E-state index is -1.06. The van der Waals surface area contributed by atoms with Crippen molar-refractivity contribution in [1.82, 2.24) is 0 Å². The summed E-state index contributed by atoms with van der Waals surface area (Å²) in [7, 11) is 0. The molecule has 0 radical (unpaired) electrons. The number of carbonyl (C=O) groups is 3. The van der Waals surface area contributed by atoms with Gasteiger partial charge >= 0.3 is 5.97 Å². The van der Waals surface area contributed by atoms with Crippen LogP contribution in [0.25, 0.3) is 0 Å². The SMILES string of the molecule is CC(=O)N1C[C@H](C(=O)O[C@@H](C)C(=O)Nc2cc(Cl)ccc2C)Oc2ccccc21. The summed E-state index contributed by atoms with van der Waals surface area (Å²) in [6.07, 6.45) is -2.09. The Morgan fingerprint density at radius 2 is 1.97 bits per heavy atom. The van der Waals surface area contributed by atoms with Crippen LogP contribution in [0.1, 0.15) is 19.4 Å². The molecule has 1 aliphatic heterocycles. The van der Waals surface area contributed by atoms with Crippen LogP contribution in [-0.4, -0.2) is 36.5 Å². The fourth-order valence-corrected chi connectivity index (χ4v) is 3.09. The zero-order valence-electron chi connectivity index (χ0n) is 16.3. The molecule has 1 aliphatic rings. The molecule has 8 heteroatoms. The first-order valence-corrected chi connectivity index (χ1v) is 9.45. The molecule has 1 heterocycles. The van der Waals surface area contributed by atoms with Gasteiger partial charge < -0.3 is 19.7 Å². The van der Waals surface area contributed by atoms with Gasteiger partial charge in [0.05, 0.1) is 12.2 Å². The molecule has 0 saturated carbocycles. The number of ether oxygens (including phenoxy) is 2. The second-order valence-corrected chi connectivity index (χ2v) is 7.17. The highest BCUT2D eigenvalue weighted by Gasteiger charge is 2.35. The highest BCUT2D eigenvalue weighted by Crippen LogP contribution is 2.33. The van der Waals surface area contributed by atoms with Crippen LogP contribution in [0, 0.1) is 6.92 Å². The summed E-state index contributed by atoms with van der Waals surface area (Å²) >= 11 is 5.96. The highest BCUT2D eigenvalue weighted by atomic mass is 35.5. The minimum Gasteiger partial charge on any atom is -0.475 e. The Morgan fingerprint density at radius 1 is 1.24 bits per heavy atom. The van der Waals surface area contributed by atoms with Gasteiger partial charge in [0.25, 0.3) is 5.91 Å². The monoisotopic (exact) mass is 416 g/mol. The first kappa shape index (κ1) is 20.7. The van der Waals surface area contributed by atoms with Crippen LogP contribution >= 0.6 is 11.6 Å². The second kappa shape index (κ2) is 8.53. The maximum Gasteiger partial charge on any atom is 0.350 e. The zero-order chi connectivity index (χ0) is 21.1. The van der Waals surface area contributed by atoms with Gasteiger partial charge in [-0.1, -0.05) is 29.8 Å². The predicted octanol–water partition coefficient (Wildman–Crippen LogP) is 3.33. The van der Waals surface area contributed by atoms with Crippen molar-refractivity contribution in [3.8, 4) is 5.75 Å². The number of esters is 1. The van der Waals surface area contributed by atoms with Crippen molar-refractivity contribution in [1.29, 1.82) is 0 Å². The van der Waals surface area contributed by atoms with Crippen molar-refractivity contribution in [3.05, 3.63) is 53.1 Å². The molecule has 3 rings (SSSR count). The molecule has 2 atom stereocenters. The number of amides is 2. The number of fused-ring (bicyclic) bond motifs is 1. The van der Waals surface area contributed by atoms with Crippen molar-refractivity contribution in [2.24, 2.45) is 0 Å². The van der Waals surface area contributed by atoms with Crippen molar-refractivity contribution in [2.75, 3.05) is 16.8 Å². The lowest BCUT2D eigenvalue weighted by Gasteiger charge is -2.33.